The molecule has 1 unspecified atom stereocenters. The summed E-state index contributed by atoms with van der Waals surface area (Å²) in [7, 11) is 1.92. The third kappa shape index (κ3) is 6.30. The van der Waals surface area contributed by atoms with Crippen molar-refractivity contribution in [1.29, 1.82) is 0 Å². The van der Waals surface area contributed by atoms with Crippen LogP contribution >= 0.6 is 0 Å². The van der Waals surface area contributed by atoms with E-state index in [1.165, 1.54) is 12.0 Å². The van der Waals surface area contributed by atoms with E-state index in [2.05, 4.69) is 10.6 Å². The normalized spacial score (nSPS) is 14.7. The van der Waals surface area contributed by atoms with Crippen molar-refractivity contribution < 1.29 is 9.59 Å². The summed E-state index contributed by atoms with van der Waals surface area (Å²) in [6.07, 6.45) is 5.52. The molecule has 1 saturated carbocycles. The van der Waals surface area contributed by atoms with Gasteiger partial charge in [0.2, 0.25) is 5.91 Å². The molecular weight excluding hydrogens is 434 g/mol. The first-order chi connectivity index (χ1) is 17.0. The zero-order valence-corrected chi connectivity index (χ0v) is 20.7. The Kier molecular flexibility index (Phi) is 8.19. The van der Waals surface area contributed by atoms with Crippen molar-refractivity contribution in [2.24, 2.45) is 0 Å². The highest BCUT2D eigenvalue weighted by Crippen LogP contribution is 2.29. The van der Waals surface area contributed by atoms with Gasteiger partial charge in [-0.1, -0.05) is 85.5 Å². The van der Waals surface area contributed by atoms with Crippen molar-refractivity contribution >= 4 is 17.5 Å². The topological polar surface area (TPSA) is 61.4 Å². The van der Waals surface area contributed by atoms with Crippen LogP contribution in [0.1, 0.15) is 65.2 Å². The molecule has 1 fully saturated rings. The number of benzene rings is 3. The Hall–Kier alpha value is -3.60. The lowest BCUT2D eigenvalue weighted by atomic mass is 9.93. The van der Waals surface area contributed by atoms with Crippen LogP contribution in [0.25, 0.3) is 0 Å². The first kappa shape index (κ1) is 24.5. The van der Waals surface area contributed by atoms with E-state index in [9.17, 15) is 9.59 Å². The van der Waals surface area contributed by atoms with E-state index in [4.69, 9.17) is 0 Å². The van der Waals surface area contributed by atoms with Gasteiger partial charge in [0.1, 0.15) is 6.04 Å². The van der Waals surface area contributed by atoms with E-state index >= 15 is 0 Å². The summed E-state index contributed by atoms with van der Waals surface area (Å²) in [5, 5.41) is 6.32. The van der Waals surface area contributed by atoms with Crippen LogP contribution in [0.15, 0.2) is 78.9 Å². The number of likely N-dealkylation sites (N-methyl/N-ethyl adjacent to an activating group) is 1. The van der Waals surface area contributed by atoms with Crippen LogP contribution in [0.5, 0.6) is 0 Å². The van der Waals surface area contributed by atoms with E-state index in [-0.39, 0.29) is 17.9 Å². The first-order valence-corrected chi connectivity index (χ1v) is 12.5. The maximum atomic E-state index is 13.7. The number of para-hydroxylation sites is 1. The Morgan fingerprint density at radius 2 is 1.54 bits per heavy atom. The minimum atomic E-state index is -0.624. The van der Waals surface area contributed by atoms with Crippen molar-refractivity contribution in [2.75, 3.05) is 11.9 Å². The molecule has 0 spiro atoms. The molecule has 0 bridgehead atoms. The second-order valence-corrected chi connectivity index (χ2v) is 9.45. The molecule has 0 radical (unpaired) electrons. The van der Waals surface area contributed by atoms with Gasteiger partial charge in [-0.25, -0.2) is 0 Å². The predicted molar refractivity (Wildman–Crippen MR) is 141 cm³/mol. The smallest absolute Gasteiger partial charge is 0.251 e. The zero-order chi connectivity index (χ0) is 24.6. The number of hydrogen-bond donors (Lipinski definition) is 2. The fourth-order valence-corrected chi connectivity index (χ4v) is 4.79. The lowest BCUT2D eigenvalue weighted by Crippen LogP contribution is -2.44. The third-order valence-electron chi connectivity index (χ3n) is 6.82. The van der Waals surface area contributed by atoms with E-state index in [0.717, 1.165) is 36.9 Å². The van der Waals surface area contributed by atoms with Crippen LogP contribution in [-0.2, 0) is 11.3 Å². The minimum Gasteiger partial charge on any atom is -0.359 e. The van der Waals surface area contributed by atoms with Crippen LogP contribution in [-0.4, -0.2) is 24.9 Å². The molecule has 1 aliphatic rings. The van der Waals surface area contributed by atoms with Gasteiger partial charge in [-0.15, -0.1) is 0 Å². The van der Waals surface area contributed by atoms with E-state index < -0.39 is 6.04 Å². The average Bonchev–Trinajstić information content (AvgIpc) is 2.89. The van der Waals surface area contributed by atoms with Crippen molar-refractivity contribution in [3.63, 3.8) is 0 Å². The molecule has 0 saturated heterocycles. The van der Waals surface area contributed by atoms with Gasteiger partial charge in [0.15, 0.2) is 0 Å². The van der Waals surface area contributed by atoms with Gasteiger partial charge < -0.3 is 15.5 Å². The number of rotatable bonds is 8. The molecule has 5 heteroatoms. The SMILES string of the molecule is Cc1ccc(CNC(=O)c2ccccc2C(C(=O)NC2CCCCC2)N(C)c2ccccc2)cc1. The molecule has 4 rings (SSSR count). The Balaban J connectivity index is 1.61. The molecule has 0 heterocycles. The number of carbonyl (C=O) groups is 2. The monoisotopic (exact) mass is 469 g/mol. The average molecular weight is 470 g/mol. The molecule has 3 aromatic rings. The van der Waals surface area contributed by atoms with Gasteiger partial charge in [-0.2, -0.15) is 0 Å². The van der Waals surface area contributed by atoms with Crippen molar-refractivity contribution in [3.8, 4) is 0 Å². The van der Waals surface area contributed by atoms with Crippen molar-refractivity contribution in [2.45, 2.75) is 57.7 Å². The summed E-state index contributed by atoms with van der Waals surface area (Å²) in [4.78, 5) is 29.0. The van der Waals surface area contributed by atoms with Gasteiger partial charge in [-0.05, 0) is 49.1 Å². The standard InChI is InChI=1S/C30H35N3O2/c1-22-17-19-23(20-18-22)21-31-29(34)27-16-10-9-15-26(27)28(33(2)25-13-7-4-8-14-25)30(35)32-24-11-5-3-6-12-24/h4,7-10,13-20,24,28H,3,5-6,11-12,21H2,1-2H3,(H,31,34)(H,32,35). The van der Waals surface area contributed by atoms with Crippen LogP contribution in [0.3, 0.4) is 0 Å². The Labute approximate surface area is 208 Å². The highest BCUT2D eigenvalue weighted by Gasteiger charge is 2.31. The van der Waals surface area contributed by atoms with Crippen molar-refractivity contribution in [1.82, 2.24) is 10.6 Å². The molecule has 35 heavy (non-hydrogen) atoms. The highest BCUT2D eigenvalue weighted by molar-refractivity contribution is 5.98. The fraction of sp³-hybridized carbons (Fsp3) is 0.333. The predicted octanol–water partition coefficient (Wildman–Crippen LogP) is 5.55. The molecule has 182 valence electrons. The Morgan fingerprint density at radius 1 is 0.886 bits per heavy atom. The van der Waals surface area contributed by atoms with Crippen LogP contribution in [0.2, 0.25) is 0 Å². The first-order valence-electron chi connectivity index (χ1n) is 12.5. The lowest BCUT2D eigenvalue weighted by molar-refractivity contribution is -0.123. The van der Waals surface area contributed by atoms with E-state index in [1.807, 2.05) is 91.7 Å². The lowest BCUT2D eigenvalue weighted by Gasteiger charge is -2.33. The number of amides is 2. The fourth-order valence-electron chi connectivity index (χ4n) is 4.79. The molecule has 2 amide bonds. The highest BCUT2D eigenvalue weighted by atomic mass is 16.2. The molecule has 3 aromatic carbocycles. The Bertz CT molecular complexity index is 1120. The second kappa shape index (κ2) is 11.7. The van der Waals surface area contributed by atoms with Gasteiger partial charge in [0.25, 0.3) is 5.91 Å². The summed E-state index contributed by atoms with van der Waals surface area (Å²) < 4.78 is 0. The summed E-state index contributed by atoms with van der Waals surface area (Å²) in [5.41, 5.74) is 4.36. The summed E-state index contributed by atoms with van der Waals surface area (Å²) in [6, 6.07) is 25.0. The molecule has 1 atom stereocenters. The molecule has 5 nitrogen and oxygen atoms in total. The molecule has 0 aliphatic heterocycles. The van der Waals surface area contributed by atoms with Crippen LogP contribution in [0.4, 0.5) is 5.69 Å². The quantitative estimate of drug-likeness (QED) is 0.455. The maximum Gasteiger partial charge on any atom is 0.251 e. The van der Waals surface area contributed by atoms with Gasteiger partial charge in [0, 0.05) is 30.9 Å². The molecule has 0 aromatic heterocycles. The van der Waals surface area contributed by atoms with Crippen LogP contribution in [0, 0.1) is 6.92 Å². The molecule has 1 aliphatic carbocycles. The second-order valence-electron chi connectivity index (χ2n) is 9.45. The number of nitrogens with one attached hydrogen (secondary N) is 2. The zero-order valence-electron chi connectivity index (χ0n) is 20.7. The Morgan fingerprint density at radius 3 is 2.26 bits per heavy atom. The molecule has 2 N–H and O–H groups in total. The van der Waals surface area contributed by atoms with E-state index in [0.29, 0.717) is 17.7 Å². The van der Waals surface area contributed by atoms with Crippen molar-refractivity contribution in [3.05, 3.63) is 101 Å². The minimum absolute atomic E-state index is 0.0676. The summed E-state index contributed by atoms with van der Waals surface area (Å²) >= 11 is 0. The largest absolute Gasteiger partial charge is 0.359 e. The van der Waals surface area contributed by atoms with E-state index in [1.54, 1.807) is 6.07 Å². The maximum absolute atomic E-state index is 13.7. The van der Waals surface area contributed by atoms with Gasteiger partial charge >= 0.3 is 0 Å². The number of nitrogens with zero attached hydrogens (tertiary/aromatic N) is 1. The third-order valence-corrected chi connectivity index (χ3v) is 6.82. The number of aryl methyl sites for hydroxylation is 1. The number of carbonyl (C=O) groups excluding carboxylic acids is 2. The number of hydrogen-bond acceptors (Lipinski definition) is 3. The summed E-state index contributed by atoms with van der Waals surface area (Å²) in [5.74, 6) is -0.250. The number of anilines is 1. The van der Waals surface area contributed by atoms with Crippen LogP contribution < -0.4 is 15.5 Å². The molecular formula is C30H35N3O2. The van der Waals surface area contributed by atoms with Gasteiger partial charge in [-0.3, -0.25) is 9.59 Å². The summed E-state index contributed by atoms with van der Waals surface area (Å²) in [6.45, 7) is 2.47. The van der Waals surface area contributed by atoms with Gasteiger partial charge in [0.05, 0.1) is 0 Å².